The van der Waals surface area contributed by atoms with Crippen molar-refractivity contribution in [3.05, 3.63) is 24.3 Å². The molecule has 7 heteroatoms. The van der Waals surface area contributed by atoms with Gasteiger partial charge in [0, 0.05) is 30.9 Å². The Bertz CT molecular complexity index is 382. The molecule has 1 atom stereocenters. The van der Waals surface area contributed by atoms with Gasteiger partial charge in [-0.3, -0.25) is 9.59 Å². The molecule has 7 nitrogen and oxygen atoms in total. The van der Waals surface area contributed by atoms with Crippen LogP contribution in [0.15, 0.2) is 18.7 Å². The van der Waals surface area contributed by atoms with Gasteiger partial charge in [0.1, 0.15) is 12.4 Å². The number of carboxylic acid groups (broad SMARTS) is 1. The molecule has 0 spiro atoms. The van der Waals surface area contributed by atoms with Crippen LogP contribution in [0.3, 0.4) is 0 Å². The van der Waals surface area contributed by atoms with Crippen LogP contribution in [0.1, 0.15) is 18.4 Å². The van der Waals surface area contributed by atoms with Crippen molar-refractivity contribution in [1.29, 1.82) is 0 Å². The molecule has 0 bridgehead atoms. The fraction of sp³-hybridized carbons (Fsp3) is 0.400. The second-order valence-electron chi connectivity index (χ2n) is 3.51. The fourth-order valence-corrected chi connectivity index (χ4v) is 1.12. The molecule has 0 aromatic carbocycles. The Labute approximate surface area is 98.1 Å². The van der Waals surface area contributed by atoms with Gasteiger partial charge < -0.3 is 16.2 Å². The number of rotatable bonds is 6. The van der Waals surface area contributed by atoms with Crippen molar-refractivity contribution in [3.8, 4) is 0 Å². The highest BCUT2D eigenvalue weighted by atomic mass is 16.4. The topological polar surface area (TPSA) is 118 Å². The lowest BCUT2D eigenvalue weighted by Gasteiger charge is -2.07. The predicted molar refractivity (Wildman–Crippen MR) is 58.7 cm³/mol. The number of nitrogens with zero attached hydrogens (tertiary/aromatic N) is 2. The van der Waals surface area contributed by atoms with Crippen LogP contribution in [0, 0.1) is 0 Å². The third-order valence-electron chi connectivity index (χ3n) is 2.10. The number of carboxylic acids is 1. The molecule has 0 aliphatic carbocycles. The van der Waals surface area contributed by atoms with Gasteiger partial charge in [0.25, 0.3) is 0 Å². The van der Waals surface area contributed by atoms with Crippen molar-refractivity contribution in [1.82, 2.24) is 15.3 Å². The van der Waals surface area contributed by atoms with E-state index in [9.17, 15) is 9.59 Å². The molecule has 1 rings (SSSR count). The average Bonchev–Trinajstić information content (AvgIpc) is 2.34. The summed E-state index contributed by atoms with van der Waals surface area (Å²) in [4.78, 5) is 29.4. The number of amides is 1. The summed E-state index contributed by atoms with van der Waals surface area (Å²) in [6.45, 7) is 0.321. The van der Waals surface area contributed by atoms with Gasteiger partial charge in [-0.1, -0.05) is 0 Å². The largest absolute Gasteiger partial charge is 0.480 e. The predicted octanol–water partition coefficient (Wildman–Crippen LogP) is -0.715. The number of aromatic nitrogens is 2. The van der Waals surface area contributed by atoms with Crippen LogP contribution in [0.5, 0.6) is 0 Å². The molecule has 1 unspecified atom stereocenters. The highest BCUT2D eigenvalue weighted by molar-refractivity contribution is 5.78. The van der Waals surface area contributed by atoms with Crippen LogP contribution in [0.4, 0.5) is 0 Å². The first-order valence-electron chi connectivity index (χ1n) is 5.08. The third kappa shape index (κ3) is 5.03. The highest BCUT2D eigenvalue weighted by Crippen LogP contribution is 1.96. The van der Waals surface area contributed by atoms with E-state index in [1.807, 2.05) is 0 Å². The summed E-state index contributed by atoms with van der Waals surface area (Å²) in [6.07, 6.45) is 4.79. The molecule has 1 aromatic rings. The quantitative estimate of drug-likeness (QED) is 0.602. The molecule has 92 valence electrons. The number of aliphatic carboxylic acids is 1. The van der Waals surface area contributed by atoms with Gasteiger partial charge in [0.15, 0.2) is 0 Å². The average molecular weight is 238 g/mol. The first-order chi connectivity index (χ1) is 8.09. The molecule has 0 fully saturated rings. The number of carbonyl (C=O) groups excluding carboxylic acids is 1. The standard InChI is InChI=1S/C10H14N4O3/c11-8(10(16)17)1-2-9(15)14-5-7-3-12-6-13-4-7/h3-4,6,8H,1-2,5,11H2,(H,14,15)(H,16,17). The van der Waals surface area contributed by atoms with Gasteiger partial charge in [-0.05, 0) is 6.42 Å². The Morgan fingerprint density at radius 1 is 1.41 bits per heavy atom. The minimum absolute atomic E-state index is 0.0845. The molecular weight excluding hydrogens is 224 g/mol. The molecule has 1 amide bonds. The molecule has 0 aliphatic heterocycles. The van der Waals surface area contributed by atoms with Gasteiger partial charge in [0.2, 0.25) is 5.91 Å². The Kier molecular flexibility index (Phi) is 5.02. The molecule has 1 heterocycles. The van der Waals surface area contributed by atoms with Crippen molar-refractivity contribution < 1.29 is 14.7 Å². The minimum Gasteiger partial charge on any atom is -0.480 e. The lowest BCUT2D eigenvalue weighted by Crippen LogP contribution is -2.32. The molecule has 17 heavy (non-hydrogen) atoms. The van der Waals surface area contributed by atoms with Crippen molar-refractivity contribution in [2.75, 3.05) is 0 Å². The SMILES string of the molecule is NC(CCC(=O)NCc1cncnc1)C(=O)O. The van der Waals surface area contributed by atoms with Crippen molar-refractivity contribution >= 4 is 11.9 Å². The highest BCUT2D eigenvalue weighted by Gasteiger charge is 2.13. The smallest absolute Gasteiger partial charge is 0.320 e. The van der Waals surface area contributed by atoms with Crippen LogP contribution in [0.25, 0.3) is 0 Å². The number of carbonyl (C=O) groups is 2. The van der Waals surface area contributed by atoms with Gasteiger partial charge in [0.05, 0.1) is 0 Å². The Morgan fingerprint density at radius 2 is 2.06 bits per heavy atom. The van der Waals surface area contributed by atoms with Crippen LogP contribution in [0.2, 0.25) is 0 Å². The summed E-state index contributed by atoms with van der Waals surface area (Å²) in [6, 6.07) is -0.999. The van der Waals surface area contributed by atoms with Crippen LogP contribution >= 0.6 is 0 Å². The third-order valence-corrected chi connectivity index (χ3v) is 2.10. The van der Waals surface area contributed by atoms with E-state index in [-0.39, 0.29) is 18.7 Å². The van der Waals surface area contributed by atoms with E-state index < -0.39 is 12.0 Å². The normalized spacial score (nSPS) is 11.8. The van der Waals surface area contributed by atoms with Crippen LogP contribution in [-0.4, -0.2) is 33.0 Å². The zero-order valence-electron chi connectivity index (χ0n) is 9.17. The molecule has 1 aromatic heterocycles. The first-order valence-corrected chi connectivity index (χ1v) is 5.08. The number of hydrogen-bond acceptors (Lipinski definition) is 5. The van der Waals surface area contributed by atoms with E-state index in [2.05, 4.69) is 15.3 Å². The van der Waals surface area contributed by atoms with Gasteiger partial charge in [-0.25, -0.2) is 9.97 Å². The zero-order valence-corrected chi connectivity index (χ0v) is 9.17. The first kappa shape index (κ1) is 13.0. The minimum atomic E-state index is -1.10. The lowest BCUT2D eigenvalue weighted by atomic mass is 10.1. The van der Waals surface area contributed by atoms with E-state index in [1.54, 1.807) is 12.4 Å². The van der Waals surface area contributed by atoms with E-state index in [0.29, 0.717) is 6.54 Å². The summed E-state index contributed by atoms with van der Waals surface area (Å²) in [5.74, 6) is -1.35. The Balaban J connectivity index is 2.24. The maximum absolute atomic E-state index is 11.3. The number of hydrogen-bond donors (Lipinski definition) is 3. The second-order valence-corrected chi connectivity index (χ2v) is 3.51. The molecule has 4 N–H and O–H groups in total. The summed E-state index contributed by atoms with van der Waals surface area (Å²) >= 11 is 0. The summed E-state index contributed by atoms with van der Waals surface area (Å²) < 4.78 is 0. The Morgan fingerprint density at radius 3 is 2.65 bits per heavy atom. The van der Waals surface area contributed by atoms with Crippen molar-refractivity contribution in [2.24, 2.45) is 5.73 Å². The van der Waals surface area contributed by atoms with Crippen molar-refractivity contribution in [2.45, 2.75) is 25.4 Å². The molecular formula is C10H14N4O3. The Hall–Kier alpha value is -2.02. The van der Waals surface area contributed by atoms with Gasteiger partial charge >= 0.3 is 5.97 Å². The summed E-state index contributed by atoms with van der Waals surface area (Å²) in [7, 11) is 0. The van der Waals surface area contributed by atoms with E-state index in [1.165, 1.54) is 6.33 Å². The molecule has 0 radical (unpaired) electrons. The van der Waals surface area contributed by atoms with Gasteiger partial charge in [-0.15, -0.1) is 0 Å². The summed E-state index contributed by atoms with van der Waals surface area (Å²) in [5.41, 5.74) is 6.05. The monoisotopic (exact) mass is 238 g/mol. The summed E-state index contributed by atoms with van der Waals surface area (Å²) in [5, 5.41) is 11.2. The fourth-order valence-electron chi connectivity index (χ4n) is 1.12. The van der Waals surface area contributed by atoms with Gasteiger partial charge in [-0.2, -0.15) is 0 Å². The lowest BCUT2D eigenvalue weighted by molar-refractivity contribution is -0.138. The maximum Gasteiger partial charge on any atom is 0.320 e. The number of nitrogens with one attached hydrogen (secondary N) is 1. The van der Waals surface area contributed by atoms with E-state index in [4.69, 9.17) is 10.8 Å². The zero-order chi connectivity index (χ0) is 12.7. The molecule has 0 saturated heterocycles. The molecule has 0 saturated carbocycles. The molecule has 0 aliphatic rings. The number of nitrogens with two attached hydrogens (primary N) is 1. The second kappa shape index (κ2) is 6.54. The maximum atomic E-state index is 11.3. The van der Waals surface area contributed by atoms with Crippen molar-refractivity contribution in [3.63, 3.8) is 0 Å². The van der Waals surface area contributed by atoms with Crippen LogP contribution < -0.4 is 11.1 Å². The van der Waals surface area contributed by atoms with E-state index in [0.717, 1.165) is 5.56 Å². The van der Waals surface area contributed by atoms with E-state index >= 15 is 0 Å². The van der Waals surface area contributed by atoms with Crippen LogP contribution in [-0.2, 0) is 16.1 Å².